The van der Waals surface area contributed by atoms with E-state index in [0.29, 0.717) is 33.6 Å². The van der Waals surface area contributed by atoms with Gasteiger partial charge in [-0.2, -0.15) is 32.1 Å². The molecule has 4 heterocycles. The summed E-state index contributed by atoms with van der Waals surface area (Å²) >= 11 is 3.22. The van der Waals surface area contributed by atoms with Gasteiger partial charge in [-0.25, -0.2) is 13.5 Å². The van der Waals surface area contributed by atoms with Crippen molar-refractivity contribution in [3.63, 3.8) is 0 Å². The van der Waals surface area contributed by atoms with Crippen LogP contribution in [-0.2, 0) is 35.8 Å². The first-order valence-electron chi connectivity index (χ1n) is 15.7. The Morgan fingerprint density at radius 3 is 2.45 bits per heavy atom. The molecule has 272 valence electrons. The van der Waals surface area contributed by atoms with Gasteiger partial charge in [0.2, 0.25) is 11.8 Å². The SMILES string of the molecule is Cn1cc(-c2cc(C(F)(F)F)nn2CC(C)(C)NC(=O)[C@@H](Cc2cnn(C(F)F)c2)N2CC[C@@]3(C[C@@H]3c3ccc(Br)cc3F)C2=O)cc(F)c1=O. The van der Waals surface area contributed by atoms with Crippen molar-refractivity contribution >= 4 is 27.7 Å². The van der Waals surface area contributed by atoms with Gasteiger partial charge in [0.05, 0.1) is 29.4 Å². The van der Waals surface area contributed by atoms with Crippen molar-refractivity contribution < 1.29 is 40.3 Å². The van der Waals surface area contributed by atoms with Crippen molar-refractivity contribution in [2.24, 2.45) is 12.5 Å². The highest BCUT2D eigenvalue weighted by Gasteiger charge is 2.65. The standard InChI is InChI=1S/C33H31BrF7N7O3/c1-31(2,16-48-24(11-26(44-48)33(39,40)41)18-9-23(36)28(50)45(3)15-18)43-27(49)25(8-17-13-42-47(14-17)30(37)38)46-7-6-32(29(46)51)12-21(32)20-5-4-19(34)10-22(20)35/h4-5,9-11,13-15,21,25,30H,6-8,12,16H2,1-3H3,(H,43,49)/t21-,25-,32+/m1/s1. The van der Waals surface area contributed by atoms with Crippen LogP contribution in [0.5, 0.6) is 0 Å². The lowest BCUT2D eigenvalue weighted by molar-refractivity contribution is -0.141. The van der Waals surface area contributed by atoms with E-state index in [0.717, 1.165) is 33.9 Å². The number of aryl methyl sites for hydroxylation is 1. The Morgan fingerprint density at radius 1 is 1.10 bits per heavy atom. The molecule has 1 N–H and O–H groups in total. The Balaban J connectivity index is 1.29. The fourth-order valence-electron chi connectivity index (χ4n) is 6.83. The number of carbonyl (C=O) groups is 2. The Labute approximate surface area is 294 Å². The number of hydrogen-bond donors (Lipinski definition) is 1. The van der Waals surface area contributed by atoms with E-state index < -0.39 is 70.3 Å². The molecule has 0 radical (unpaired) electrons. The van der Waals surface area contributed by atoms with E-state index in [1.54, 1.807) is 12.1 Å². The summed E-state index contributed by atoms with van der Waals surface area (Å²) in [6.07, 6.45) is -1.11. The molecule has 1 saturated heterocycles. The van der Waals surface area contributed by atoms with Crippen LogP contribution in [0.25, 0.3) is 11.3 Å². The molecule has 1 aliphatic heterocycles. The molecule has 3 aromatic heterocycles. The zero-order chi connectivity index (χ0) is 37.2. The Hall–Kier alpha value is -4.48. The monoisotopic (exact) mass is 785 g/mol. The first-order chi connectivity index (χ1) is 23.8. The third-order valence-electron chi connectivity index (χ3n) is 9.37. The van der Waals surface area contributed by atoms with Crippen LogP contribution in [0.2, 0.25) is 0 Å². The molecule has 18 heteroatoms. The van der Waals surface area contributed by atoms with Crippen LogP contribution in [0.4, 0.5) is 30.7 Å². The molecule has 0 unspecified atom stereocenters. The molecule has 51 heavy (non-hydrogen) atoms. The molecule has 0 bridgehead atoms. The summed E-state index contributed by atoms with van der Waals surface area (Å²) in [7, 11) is 1.23. The van der Waals surface area contributed by atoms with Gasteiger partial charge in [0.1, 0.15) is 11.9 Å². The molecule has 6 rings (SSSR count). The number of halogens is 8. The summed E-state index contributed by atoms with van der Waals surface area (Å²) in [5, 5.41) is 10.1. The maximum atomic E-state index is 14.9. The molecule has 10 nitrogen and oxygen atoms in total. The topological polar surface area (TPSA) is 107 Å². The lowest BCUT2D eigenvalue weighted by Crippen LogP contribution is -2.56. The molecule has 1 aromatic carbocycles. The summed E-state index contributed by atoms with van der Waals surface area (Å²) in [6, 6.07) is 4.79. The van der Waals surface area contributed by atoms with Crippen LogP contribution in [0.1, 0.15) is 56.0 Å². The smallest absolute Gasteiger partial charge is 0.348 e. The first kappa shape index (κ1) is 36.3. The van der Waals surface area contributed by atoms with Gasteiger partial charge in [-0.1, -0.05) is 22.0 Å². The highest BCUT2D eigenvalue weighted by atomic mass is 79.9. The van der Waals surface area contributed by atoms with Crippen LogP contribution in [0.15, 0.2) is 58.2 Å². The fourth-order valence-corrected chi connectivity index (χ4v) is 7.16. The van der Waals surface area contributed by atoms with E-state index in [1.807, 2.05) is 0 Å². The Kier molecular flexibility index (Phi) is 9.21. The van der Waals surface area contributed by atoms with Crippen molar-refractivity contribution in [3.05, 3.63) is 92.2 Å². The Bertz CT molecular complexity index is 2050. The van der Waals surface area contributed by atoms with Gasteiger partial charge in [0.25, 0.3) is 5.56 Å². The molecule has 2 amide bonds. The number of hydrogen-bond acceptors (Lipinski definition) is 5. The minimum absolute atomic E-state index is 0.0807. The summed E-state index contributed by atoms with van der Waals surface area (Å²) in [5.41, 5.74) is -4.30. The summed E-state index contributed by atoms with van der Waals surface area (Å²) in [4.78, 5) is 41.4. The van der Waals surface area contributed by atoms with Crippen molar-refractivity contribution in [2.75, 3.05) is 6.54 Å². The van der Waals surface area contributed by atoms with E-state index in [9.17, 15) is 45.1 Å². The number of rotatable bonds is 10. The zero-order valence-electron chi connectivity index (χ0n) is 27.3. The number of nitrogens with zero attached hydrogens (tertiary/aromatic N) is 6. The van der Waals surface area contributed by atoms with Crippen LogP contribution in [0, 0.1) is 17.0 Å². The van der Waals surface area contributed by atoms with Crippen molar-refractivity contribution in [1.82, 2.24) is 34.3 Å². The van der Waals surface area contributed by atoms with Gasteiger partial charge in [-0.3, -0.25) is 19.1 Å². The third-order valence-corrected chi connectivity index (χ3v) is 9.87. The third kappa shape index (κ3) is 7.06. The highest BCUT2D eigenvalue weighted by molar-refractivity contribution is 9.10. The first-order valence-corrected chi connectivity index (χ1v) is 16.5. The van der Waals surface area contributed by atoms with Gasteiger partial charge in [-0.05, 0) is 62.1 Å². The number of aromatic nitrogens is 5. The van der Waals surface area contributed by atoms with E-state index >= 15 is 0 Å². The molecular formula is C33H31BrF7N7O3. The number of amides is 2. The van der Waals surface area contributed by atoms with E-state index in [-0.39, 0.29) is 36.3 Å². The molecular weight excluding hydrogens is 755 g/mol. The summed E-state index contributed by atoms with van der Waals surface area (Å²) in [5.74, 6) is -3.26. The van der Waals surface area contributed by atoms with Crippen molar-refractivity contribution in [2.45, 2.75) is 69.9 Å². The maximum Gasteiger partial charge on any atom is 0.435 e. The molecule has 1 saturated carbocycles. The van der Waals surface area contributed by atoms with Gasteiger partial charge >= 0.3 is 12.7 Å². The average molecular weight is 787 g/mol. The van der Waals surface area contributed by atoms with Gasteiger partial charge in [0.15, 0.2) is 11.5 Å². The number of benzene rings is 1. The molecule has 2 fully saturated rings. The second-order valence-electron chi connectivity index (χ2n) is 13.6. The van der Waals surface area contributed by atoms with Crippen LogP contribution < -0.4 is 10.9 Å². The maximum absolute atomic E-state index is 14.9. The predicted octanol–water partition coefficient (Wildman–Crippen LogP) is 5.81. The minimum Gasteiger partial charge on any atom is -0.348 e. The van der Waals surface area contributed by atoms with Crippen molar-refractivity contribution in [3.8, 4) is 11.3 Å². The predicted molar refractivity (Wildman–Crippen MR) is 171 cm³/mol. The van der Waals surface area contributed by atoms with Crippen LogP contribution in [0.3, 0.4) is 0 Å². The highest BCUT2D eigenvalue weighted by Crippen LogP contribution is 2.65. The normalized spacial score (nSPS) is 19.7. The Morgan fingerprint density at radius 2 is 1.82 bits per heavy atom. The van der Waals surface area contributed by atoms with E-state index in [2.05, 4.69) is 31.4 Å². The molecule has 1 spiro atoms. The molecule has 2 aliphatic rings. The summed E-state index contributed by atoms with van der Waals surface area (Å²) in [6.45, 7) is -0.242. The van der Waals surface area contributed by atoms with E-state index in [4.69, 9.17) is 0 Å². The summed E-state index contributed by atoms with van der Waals surface area (Å²) < 4.78 is 100. The molecule has 1 aliphatic carbocycles. The fraction of sp³-hybridized carbons (Fsp3) is 0.424. The molecule has 4 aromatic rings. The number of carbonyl (C=O) groups excluding carboxylic acids is 2. The lowest BCUT2D eigenvalue weighted by atomic mass is 9.97. The second-order valence-corrected chi connectivity index (χ2v) is 14.5. The second kappa shape index (κ2) is 12.9. The molecule has 3 atom stereocenters. The van der Waals surface area contributed by atoms with Crippen LogP contribution >= 0.6 is 15.9 Å². The zero-order valence-corrected chi connectivity index (χ0v) is 28.9. The van der Waals surface area contributed by atoms with Gasteiger partial charge < -0.3 is 14.8 Å². The van der Waals surface area contributed by atoms with Gasteiger partial charge in [-0.15, -0.1) is 0 Å². The quantitative estimate of drug-likeness (QED) is 0.205. The number of nitrogens with one attached hydrogen (secondary N) is 1. The van der Waals surface area contributed by atoms with Crippen LogP contribution in [-0.4, -0.2) is 59.0 Å². The van der Waals surface area contributed by atoms with E-state index in [1.165, 1.54) is 31.9 Å². The van der Waals surface area contributed by atoms with Crippen molar-refractivity contribution in [1.29, 1.82) is 0 Å². The number of likely N-dealkylation sites (tertiary alicyclic amines) is 1. The minimum atomic E-state index is -4.88. The average Bonchev–Trinajstić information content (AvgIpc) is 3.30. The largest absolute Gasteiger partial charge is 0.435 e. The number of pyridine rings is 1. The number of alkyl halides is 5. The van der Waals surface area contributed by atoms with Gasteiger partial charge in [0, 0.05) is 48.4 Å². The lowest BCUT2D eigenvalue weighted by Gasteiger charge is -2.33.